The smallest absolute Gasteiger partial charge is 0.134 e. The Labute approximate surface area is 125 Å². The molecule has 2 heterocycles. The molecular formula is C19H19NO. The van der Waals surface area contributed by atoms with E-state index in [9.17, 15) is 0 Å². The van der Waals surface area contributed by atoms with Gasteiger partial charge in [-0.1, -0.05) is 30.3 Å². The first kappa shape index (κ1) is 12.7. The van der Waals surface area contributed by atoms with E-state index in [1.807, 2.05) is 6.26 Å². The number of benzene rings is 2. The maximum Gasteiger partial charge on any atom is 0.134 e. The van der Waals surface area contributed by atoms with Gasteiger partial charge in [-0.3, -0.25) is 0 Å². The minimum Gasteiger partial charge on any atom is -0.464 e. The average Bonchev–Trinajstić information content (AvgIpc) is 2.87. The highest BCUT2D eigenvalue weighted by Gasteiger charge is 2.24. The molecule has 1 aromatic heterocycles. The van der Waals surface area contributed by atoms with Gasteiger partial charge in [0.1, 0.15) is 5.58 Å². The minimum absolute atomic E-state index is 0.443. The predicted molar refractivity (Wildman–Crippen MR) is 85.6 cm³/mol. The first-order valence-electron chi connectivity index (χ1n) is 7.46. The molecule has 0 amide bonds. The highest BCUT2D eigenvalue weighted by Crippen LogP contribution is 2.34. The van der Waals surface area contributed by atoms with Crippen LogP contribution in [0.15, 0.2) is 53.1 Å². The number of hydrogen-bond donors (Lipinski definition) is 0. The van der Waals surface area contributed by atoms with E-state index in [1.54, 1.807) is 0 Å². The van der Waals surface area contributed by atoms with Crippen molar-refractivity contribution in [3.05, 3.63) is 71.0 Å². The van der Waals surface area contributed by atoms with E-state index in [-0.39, 0.29) is 0 Å². The number of nitrogens with zero attached hydrogens (tertiary/aromatic N) is 1. The number of fused-ring (bicyclic) bond motifs is 2. The van der Waals surface area contributed by atoms with Crippen LogP contribution in [0.4, 0.5) is 0 Å². The highest BCUT2D eigenvalue weighted by atomic mass is 16.3. The molecule has 0 bridgehead atoms. The first-order valence-corrected chi connectivity index (χ1v) is 7.46. The highest BCUT2D eigenvalue weighted by molar-refractivity contribution is 5.81. The average molecular weight is 277 g/mol. The van der Waals surface area contributed by atoms with Gasteiger partial charge in [-0.15, -0.1) is 0 Å². The van der Waals surface area contributed by atoms with E-state index >= 15 is 0 Å². The third-order valence-corrected chi connectivity index (χ3v) is 4.56. The van der Waals surface area contributed by atoms with Crippen LogP contribution in [-0.2, 0) is 6.54 Å². The summed E-state index contributed by atoms with van der Waals surface area (Å²) >= 11 is 0. The lowest BCUT2D eigenvalue weighted by atomic mass is 9.84. The lowest BCUT2D eigenvalue weighted by Crippen LogP contribution is -2.30. The molecule has 0 saturated heterocycles. The molecule has 1 aliphatic heterocycles. The molecule has 1 unspecified atom stereocenters. The Kier molecular flexibility index (Phi) is 2.86. The molecule has 106 valence electrons. The number of likely N-dealkylation sites (N-methyl/N-ethyl adjacent to an activating group) is 1. The number of furan rings is 1. The van der Waals surface area contributed by atoms with Crippen LogP contribution in [0.1, 0.15) is 28.2 Å². The number of rotatable bonds is 1. The Hall–Kier alpha value is -2.06. The fourth-order valence-corrected chi connectivity index (χ4v) is 3.46. The molecule has 0 saturated carbocycles. The second-order valence-electron chi connectivity index (χ2n) is 6.12. The van der Waals surface area contributed by atoms with Crippen molar-refractivity contribution >= 4 is 11.0 Å². The number of hydrogen-bond acceptors (Lipinski definition) is 2. The standard InChI is InChI=1S/C19H19NO/c1-13-12-21-19-8-7-14(9-17(13)19)18-11-20(2)10-15-5-3-4-6-16(15)18/h3-9,12,18H,10-11H2,1-2H3. The van der Waals surface area contributed by atoms with Crippen molar-refractivity contribution < 1.29 is 4.42 Å². The largest absolute Gasteiger partial charge is 0.464 e. The van der Waals surface area contributed by atoms with Crippen LogP contribution in [0.5, 0.6) is 0 Å². The van der Waals surface area contributed by atoms with Gasteiger partial charge in [-0.25, -0.2) is 0 Å². The van der Waals surface area contributed by atoms with Crippen LogP contribution in [0.3, 0.4) is 0 Å². The van der Waals surface area contributed by atoms with Gasteiger partial charge in [0.25, 0.3) is 0 Å². The maximum absolute atomic E-state index is 5.57. The molecule has 4 rings (SSSR count). The SMILES string of the molecule is Cc1coc2ccc(C3CN(C)Cc4ccccc43)cc12. The van der Waals surface area contributed by atoms with Crippen molar-refractivity contribution in [3.63, 3.8) is 0 Å². The van der Waals surface area contributed by atoms with Crippen LogP contribution < -0.4 is 0 Å². The maximum atomic E-state index is 5.57. The molecule has 21 heavy (non-hydrogen) atoms. The van der Waals surface area contributed by atoms with E-state index < -0.39 is 0 Å². The third kappa shape index (κ3) is 2.07. The summed E-state index contributed by atoms with van der Waals surface area (Å²) in [6, 6.07) is 15.4. The van der Waals surface area contributed by atoms with Crippen molar-refractivity contribution in [1.82, 2.24) is 4.90 Å². The van der Waals surface area contributed by atoms with E-state index in [0.717, 1.165) is 18.7 Å². The fourth-order valence-electron chi connectivity index (χ4n) is 3.46. The van der Waals surface area contributed by atoms with Crippen LogP contribution in [0, 0.1) is 6.92 Å². The van der Waals surface area contributed by atoms with Crippen molar-refractivity contribution in [2.75, 3.05) is 13.6 Å². The van der Waals surface area contributed by atoms with Crippen LogP contribution in [-0.4, -0.2) is 18.5 Å². The summed E-state index contributed by atoms with van der Waals surface area (Å²) in [6.45, 7) is 4.22. The second kappa shape index (κ2) is 4.74. The molecule has 0 spiro atoms. The zero-order valence-electron chi connectivity index (χ0n) is 12.5. The lowest BCUT2D eigenvalue weighted by Gasteiger charge is -2.32. The Morgan fingerprint density at radius 2 is 2.00 bits per heavy atom. The Balaban J connectivity index is 1.86. The molecule has 3 aromatic rings. The van der Waals surface area contributed by atoms with Gasteiger partial charge in [0, 0.05) is 24.4 Å². The van der Waals surface area contributed by atoms with Gasteiger partial charge < -0.3 is 9.32 Å². The molecule has 2 heteroatoms. The lowest BCUT2D eigenvalue weighted by molar-refractivity contribution is 0.295. The van der Waals surface area contributed by atoms with Crippen LogP contribution in [0.2, 0.25) is 0 Å². The molecule has 0 aliphatic carbocycles. The molecule has 1 atom stereocenters. The molecular weight excluding hydrogens is 258 g/mol. The Bertz CT molecular complexity index is 802. The minimum atomic E-state index is 0.443. The van der Waals surface area contributed by atoms with Crippen molar-refractivity contribution in [2.45, 2.75) is 19.4 Å². The molecule has 0 fully saturated rings. The van der Waals surface area contributed by atoms with E-state index in [4.69, 9.17) is 4.42 Å². The fraction of sp³-hybridized carbons (Fsp3) is 0.263. The Morgan fingerprint density at radius 1 is 1.14 bits per heavy atom. The molecule has 2 aromatic carbocycles. The quantitative estimate of drug-likeness (QED) is 0.658. The third-order valence-electron chi connectivity index (χ3n) is 4.56. The summed E-state index contributed by atoms with van der Waals surface area (Å²) in [5.41, 5.74) is 6.49. The summed E-state index contributed by atoms with van der Waals surface area (Å²) in [7, 11) is 2.20. The molecule has 2 nitrogen and oxygen atoms in total. The van der Waals surface area contributed by atoms with Gasteiger partial charge in [-0.05, 0) is 48.4 Å². The van der Waals surface area contributed by atoms with E-state index in [0.29, 0.717) is 5.92 Å². The van der Waals surface area contributed by atoms with E-state index in [2.05, 4.69) is 61.3 Å². The topological polar surface area (TPSA) is 16.4 Å². The van der Waals surface area contributed by atoms with Crippen LogP contribution >= 0.6 is 0 Å². The van der Waals surface area contributed by atoms with Gasteiger partial charge in [0.15, 0.2) is 0 Å². The summed E-state index contributed by atoms with van der Waals surface area (Å²) in [4.78, 5) is 2.40. The van der Waals surface area contributed by atoms with Gasteiger partial charge >= 0.3 is 0 Å². The van der Waals surface area contributed by atoms with Crippen molar-refractivity contribution in [1.29, 1.82) is 0 Å². The van der Waals surface area contributed by atoms with Gasteiger partial charge in [-0.2, -0.15) is 0 Å². The zero-order chi connectivity index (χ0) is 14.4. The molecule has 1 aliphatic rings. The second-order valence-corrected chi connectivity index (χ2v) is 6.12. The van der Waals surface area contributed by atoms with Crippen LogP contribution in [0.25, 0.3) is 11.0 Å². The first-order chi connectivity index (χ1) is 10.2. The summed E-state index contributed by atoms with van der Waals surface area (Å²) < 4.78 is 5.57. The summed E-state index contributed by atoms with van der Waals surface area (Å²) in [6.07, 6.45) is 1.84. The Morgan fingerprint density at radius 3 is 2.90 bits per heavy atom. The van der Waals surface area contributed by atoms with Crippen molar-refractivity contribution in [2.24, 2.45) is 0 Å². The molecule has 0 N–H and O–H groups in total. The van der Waals surface area contributed by atoms with Gasteiger partial charge in [0.2, 0.25) is 0 Å². The summed E-state index contributed by atoms with van der Waals surface area (Å²) in [5, 5.41) is 1.23. The number of aryl methyl sites for hydroxylation is 1. The monoisotopic (exact) mass is 277 g/mol. The predicted octanol–water partition coefficient (Wildman–Crippen LogP) is 4.32. The molecule has 0 radical (unpaired) electrons. The normalized spacial score (nSPS) is 18.9. The van der Waals surface area contributed by atoms with Gasteiger partial charge in [0.05, 0.1) is 6.26 Å². The summed E-state index contributed by atoms with van der Waals surface area (Å²) in [5.74, 6) is 0.443. The van der Waals surface area contributed by atoms with Crippen molar-refractivity contribution in [3.8, 4) is 0 Å². The zero-order valence-corrected chi connectivity index (χ0v) is 12.5. The van der Waals surface area contributed by atoms with E-state index in [1.165, 1.54) is 27.6 Å².